The summed E-state index contributed by atoms with van der Waals surface area (Å²) in [5.74, 6) is -0.652. The van der Waals surface area contributed by atoms with Gasteiger partial charge in [-0.2, -0.15) is 4.98 Å². The molecular weight excluding hydrogens is 256 g/mol. The van der Waals surface area contributed by atoms with Crippen molar-refractivity contribution in [2.75, 3.05) is 6.54 Å². The van der Waals surface area contributed by atoms with Gasteiger partial charge in [-0.1, -0.05) is 10.3 Å². The molecule has 1 aliphatic heterocycles. The number of aryl methyl sites for hydroxylation is 1. The van der Waals surface area contributed by atoms with Gasteiger partial charge in [-0.15, -0.1) is 0 Å². The Bertz CT molecular complexity index is 524. The highest BCUT2D eigenvalue weighted by Gasteiger charge is 2.31. The standard InChI is InChI=1S/C10H12N4O5/c1-5-12-8(19-13-5)2-3-11-9(15)7-4-6(10(16)17)14-18-7/h7H,2-4H2,1H3,(H,11,15)(H,16,17). The Hall–Kier alpha value is -2.45. The fourth-order valence-electron chi connectivity index (χ4n) is 1.49. The van der Waals surface area contributed by atoms with Crippen molar-refractivity contribution in [3.8, 4) is 0 Å². The van der Waals surface area contributed by atoms with Crippen molar-refractivity contribution in [2.24, 2.45) is 5.16 Å². The third-order valence-electron chi connectivity index (χ3n) is 2.42. The maximum Gasteiger partial charge on any atom is 0.353 e. The summed E-state index contributed by atoms with van der Waals surface area (Å²) >= 11 is 0. The number of carbonyl (C=O) groups is 2. The molecule has 0 aliphatic carbocycles. The van der Waals surface area contributed by atoms with Crippen molar-refractivity contribution in [3.63, 3.8) is 0 Å². The lowest BCUT2D eigenvalue weighted by Gasteiger charge is -2.07. The first-order chi connectivity index (χ1) is 9.06. The number of carbonyl (C=O) groups excluding carboxylic acids is 1. The van der Waals surface area contributed by atoms with Gasteiger partial charge in [-0.25, -0.2) is 4.79 Å². The minimum atomic E-state index is -1.18. The van der Waals surface area contributed by atoms with Gasteiger partial charge >= 0.3 is 5.97 Å². The first kappa shape index (κ1) is 13.0. The number of hydrogen-bond acceptors (Lipinski definition) is 7. The Morgan fingerprint density at radius 1 is 1.53 bits per heavy atom. The molecule has 9 nitrogen and oxygen atoms in total. The normalized spacial score (nSPS) is 17.7. The van der Waals surface area contributed by atoms with Crippen molar-refractivity contribution in [1.82, 2.24) is 15.5 Å². The molecule has 1 aliphatic rings. The highest BCUT2D eigenvalue weighted by atomic mass is 16.6. The number of aromatic nitrogens is 2. The van der Waals surface area contributed by atoms with Crippen LogP contribution in [-0.4, -0.2) is 45.5 Å². The second-order valence-electron chi connectivity index (χ2n) is 3.92. The Morgan fingerprint density at radius 2 is 2.32 bits per heavy atom. The Labute approximate surface area is 107 Å². The molecule has 0 saturated carbocycles. The summed E-state index contributed by atoms with van der Waals surface area (Å²) in [5.41, 5.74) is -0.160. The van der Waals surface area contributed by atoms with Crippen LogP contribution in [0.1, 0.15) is 18.1 Å². The number of carboxylic acids is 1. The van der Waals surface area contributed by atoms with Gasteiger partial charge in [-0.3, -0.25) is 4.79 Å². The zero-order chi connectivity index (χ0) is 13.8. The third-order valence-corrected chi connectivity index (χ3v) is 2.42. The second kappa shape index (κ2) is 5.46. The van der Waals surface area contributed by atoms with E-state index in [0.717, 1.165) is 0 Å². The molecule has 0 spiro atoms. The molecule has 0 aromatic carbocycles. The zero-order valence-electron chi connectivity index (χ0n) is 10.1. The van der Waals surface area contributed by atoms with Gasteiger partial charge in [0, 0.05) is 19.4 Å². The van der Waals surface area contributed by atoms with Gasteiger partial charge in [-0.05, 0) is 6.92 Å². The molecule has 0 radical (unpaired) electrons. The topological polar surface area (TPSA) is 127 Å². The predicted molar refractivity (Wildman–Crippen MR) is 60.3 cm³/mol. The van der Waals surface area contributed by atoms with E-state index in [4.69, 9.17) is 14.5 Å². The molecule has 1 atom stereocenters. The van der Waals surface area contributed by atoms with Crippen molar-refractivity contribution >= 4 is 17.6 Å². The van der Waals surface area contributed by atoms with Crippen molar-refractivity contribution in [3.05, 3.63) is 11.7 Å². The van der Waals surface area contributed by atoms with Gasteiger partial charge in [0.25, 0.3) is 5.91 Å². The van der Waals surface area contributed by atoms with Crippen molar-refractivity contribution < 1.29 is 24.1 Å². The molecule has 19 heavy (non-hydrogen) atoms. The van der Waals surface area contributed by atoms with E-state index >= 15 is 0 Å². The summed E-state index contributed by atoms with van der Waals surface area (Å²) in [5, 5.41) is 18.2. The first-order valence-electron chi connectivity index (χ1n) is 5.59. The summed E-state index contributed by atoms with van der Waals surface area (Å²) in [6.07, 6.45) is -0.539. The van der Waals surface area contributed by atoms with Gasteiger partial charge in [0.2, 0.25) is 12.0 Å². The van der Waals surface area contributed by atoms with Gasteiger partial charge < -0.3 is 19.8 Å². The quantitative estimate of drug-likeness (QED) is 0.720. The van der Waals surface area contributed by atoms with E-state index in [0.29, 0.717) is 24.7 Å². The zero-order valence-corrected chi connectivity index (χ0v) is 10.1. The van der Waals surface area contributed by atoms with Crippen molar-refractivity contribution in [1.29, 1.82) is 0 Å². The summed E-state index contributed by atoms with van der Waals surface area (Å²) in [6.45, 7) is 1.99. The van der Waals surface area contributed by atoms with Crippen LogP contribution in [0.15, 0.2) is 9.68 Å². The molecule has 1 aromatic rings. The summed E-state index contributed by atoms with van der Waals surface area (Å²) in [6, 6.07) is 0. The average Bonchev–Trinajstić information content (AvgIpc) is 2.98. The van der Waals surface area contributed by atoms with E-state index in [2.05, 4.69) is 20.6 Å². The fraction of sp³-hybridized carbons (Fsp3) is 0.500. The lowest BCUT2D eigenvalue weighted by molar-refractivity contribution is -0.131. The Kier molecular flexibility index (Phi) is 3.74. The minimum absolute atomic E-state index is 0.0408. The molecule has 9 heteroatoms. The fourth-order valence-corrected chi connectivity index (χ4v) is 1.49. The summed E-state index contributed by atoms with van der Waals surface area (Å²) in [4.78, 5) is 31.0. The second-order valence-corrected chi connectivity index (χ2v) is 3.92. The summed E-state index contributed by atoms with van der Waals surface area (Å²) < 4.78 is 4.88. The number of nitrogens with one attached hydrogen (secondary N) is 1. The maximum absolute atomic E-state index is 11.6. The lowest BCUT2D eigenvalue weighted by atomic mass is 10.1. The highest BCUT2D eigenvalue weighted by molar-refractivity contribution is 6.36. The number of carboxylic acid groups (broad SMARTS) is 1. The van der Waals surface area contributed by atoms with E-state index < -0.39 is 18.0 Å². The van der Waals surface area contributed by atoms with E-state index in [1.165, 1.54) is 0 Å². The highest BCUT2D eigenvalue weighted by Crippen LogP contribution is 2.10. The monoisotopic (exact) mass is 268 g/mol. The van der Waals surface area contributed by atoms with Crippen LogP contribution >= 0.6 is 0 Å². The predicted octanol–water partition coefficient (Wildman–Crippen LogP) is -0.734. The molecule has 2 rings (SSSR count). The number of rotatable bonds is 5. The molecular formula is C10H12N4O5. The Balaban J connectivity index is 1.73. The minimum Gasteiger partial charge on any atom is -0.477 e. The average molecular weight is 268 g/mol. The summed E-state index contributed by atoms with van der Waals surface area (Å²) in [7, 11) is 0. The third kappa shape index (κ3) is 3.27. The van der Waals surface area contributed by atoms with Crippen LogP contribution in [0.4, 0.5) is 0 Å². The van der Waals surface area contributed by atoms with Crippen LogP contribution in [0.2, 0.25) is 0 Å². The van der Waals surface area contributed by atoms with Crippen LogP contribution in [0, 0.1) is 6.92 Å². The van der Waals surface area contributed by atoms with Crippen LogP contribution < -0.4 is 5.32 Å². The van der Waals surface area contributed by atoms with Gasteiger partial charge in [0.15, 0.2) is 11.5 Å². The van der Waals surface area contributed by atoms with Crippen LogP contribution in [0.3, 0.4) is 0 Å². The van der Waals surface area contributed by atoms with Crippen molar-refractivity contribution in [2.45, 2.75) is 25.9 Å². The van der Waals surface area contributed by atoms with E-state index in [1.54, 1.807) is 6.92 Å². The molecule has 0 fully saturated rings. The Morgan fingerprint density at radius 3 is 2.89 bits per heavy atom. The number of nitrogens with zero attached hydrogens (tertiary/aromatic N) is 3. The molecule has 1 aromatic heterocycles. The SMILES string of the molecule is Cc1noc(CCNC(=O)C2CC(C(=O)O)=NO2)n1. The molecule has 102 valence electrons. The smallest absolute Gasteiger partial charge is 0.353 e. The molecule has 2 N–H and O–H groups in total. The molecule has 0 saturated heterocycles. The molecule has 1 unspecified atom stereocenters. The molecule has 0 bridgehead atoms. The van der Waals surface area contributed by atoms with Gasteiger partial charge in [0.1, 0.15) is 0 Å². The molecule has 2 heterocycles. The largest absolute Gasteiger partial charge is 0.477 e. The number of aliphatic carboxylic acids is 1. The van der Waals surface area contributed by atoms with E-state index in [9.17, 15) is 9.59 Å². The lowest BCUT2D eigenvalue weighted by Crippen LogP contribution is -2.36. The van der Waals surface area contributed by atoms with E-state index in [1.807, 2.05) is 0 Å². The van der Waals surface area contributed by atoms with Crippen LogP contribution in [0.25, 0.3) is 0 Å². The molecule has 1 amide bonds. The van der Waals surface area contributed by atoms with Crippen LogP contribution in [-0.2, 0) is 20.8 Å². The number of amides is 1. The number of hydrogen-bond donors (Lipinski definition) is 2. The van der Waals surface area contributed by atoms with Crippen LogP contribution in [0.5, 0.6) is 0 Å². The van der Waals surface area contributed by atoms with Gasteiger partial charge in [0.05, 0.1) is 0 Å². The maximum atomic E-state index is 11.6. The van der Waals surface area contributed by atoms with E-state index in [-0.39, 0.29) is 12.1 Å². The first-order valence-corrected chi connectivity index (χ1v) is 5.59. The number of oxime groups is 1.